The normalized spacial score (nSPS) is 7.33. The second-order valence-corrected chi connectivity index (χ2v) is 3.13. The molecule has 0 N–H and O–H groups in total. The largest absolute Gasteiger partial charge is 0.385 e. The van der Waals surface area contributed by atoms with Crippen molar-refractivity contribution in [1.82, 2.24) is 0 Å². The Balaban J connectivity index is -0.000000144. The Morgan fingerprint density at radius 2 is 1.47 bits per heavy atom. The molecule has 0 aromatic rings. The van der Waals surface area contributed by atoms with Crippen LogP contribution in [0.5, 0.6) is 0 Å². The van der Waals surface area contributed by atoms with E-state index in [0.717, 1.165) is 19.4 Å². The zero-order chi connectivity index (χ0) is 12.4. The molecule has 0 saturated heterocycles. The molecule has 0 heterocycles. The molecule has 0 aromatic carbocycles. The second-order valence-electron chi connectivity index (χ2n) is 3.13. The summed E-state index contributed by atoms with van der Waals surface area (Å²) in [6.45, 7) is 11.3. The van der Waals surface area contributed by atoms with E-state index in [-0.39, 0.29) is 0 Å². The number of hydrogen-bond donors (Lipinski definition) is 0. The van der Waals surface area contributed by atoms with Crippen molar-refractivity contribution in [3.8, 4) is 11.8 Å². The van der Waals surface area contributed by atoms with Crippen molar-refractivity contribution in [2.45, 2.75) is 66.7 Å². The van der Waals surface area contributed by atoms with Crippen LogP contribution < -0.4 is 0 Å². The van der Waals surface area contributed by atoms with Crippen molar-refractivity contribution in [2.75, 3.05) is 13.7 Å². The van der Waals surface area contributed by atoms with Crippen LogP contribution in [-0.2, 0) is 4.74 Å². The van der Waals surface area contributed by atoms with Gasteiger partial charge in [-0.3, -0.25) is 0 Å². The lowest BCUT2D eigenvalue weighted by atomic mass is 10.3. The van der Waals surface area contributed by atoms with Gasteiger partial charge >= 0.3 is 0 Å². The fourth-order valence-electron chi connectivity index (χ4n) is 0.734. The number of unbranched alkanes of at least 4 members (excludes halogenated alkanes) is 2. The van der Waals surface area contributed by atoms with E-state index >= 15 is 0 Å². The minimum Gasteiger partial charge on any atom is -0.385 e. The number of methoxy groups -OCH3 is 1. The maximum atomic E-state index is 4.69. The van der Waals surface area contributed by atoms with E-state index in [1.807, 2.05) is 13.8 Å². The summed E-state index contributed by atoms with van der Waals surface area (Å²) in [5.41, 5.74) is 0. The van der Waals surface area contributed by atoms with Crippen LogP contribution in [0.15, 0.2) is 0 Å². The van der Waals surface area contributed by atoms with Gasteiger partial charge in [0.25, 0.3) is 0 Å². The van der Waals surface area contributed by atoms with Crippen LogP contribution in [0.3, 0.4) is 0 Å². The van der Waals surface area contributed by atoms with E-state index in [4.69, 9.17) is 4.74 Å². The van der Waals surface area contributed by atoms with Gasteiger partial charge in [0.15, 0.2) is 0 Å². The van der Waals surface area contributed by atoms with Crippen LogP contribution in [-0.4, -0.2) is 13.7 Å². The van der Waals surface area contributed by atoms with Crippen LogP contribution in [0.25, 0.3) is 0 Å². The van der Waals surface area contributed by atoms with Gasteiger partial charge in [-0.2, -0.15) is 0 Å². The monoisotopic (exact) mass is 214 g/mol. The van der Waals surface area contributed by atoms with Crippen LogP contribution in [0.1, 0.15) is 66.7 Å². The highest BCUT2D eigenvalue weighted by atomic mass is 16.5. The highest BCUT2D eigenvalue weighted by molar-refractivity contribution is 4.92. The van der Waals surface area contributed by atoms with Crippen molar-refractivity contribution in [1.29, 1.82) is 0 Å². The van der Waals surface area contributed by atoms with E-state index in [0.29, 0.717) is 0 Å². The Hall–Kier alpha value is -0.480. The van der Waals surface area contributed by atoms with Gasteiger partial charge in [0.1, 0.15) is 0 Å². The number of hydrogen-bond acceptors (Lipinski definition) is 1. The van der Waals surface area contributed by atoms with E-state index in [1.54, 1.807) is 7.11 Å². The summed E-state index contributed by atoms with van der Waals surface area (Å²) in [4.78, 5) is 0. The zero-order valence-corrected chi connectivity index (χ0v) is 11.7. The molecule has 0 aliphatic heterocycles. The third kappa shape index (κ3) is 58.9. The fraction of sp³-hybridized carbons (Fsp3) is 0.857. The molecule has 0 aliphatic rings. The quantitative estimate of drug-likeness (QED) is 0.618. The number of ether oxygens (including phenoxy) is 1. The summed E-state index contributed by atoms with van der Waals surface area (Å²) in [5.74, 6) is 5.63. The first-order valence-electron chi connectivity index (χ1n) is 6.13. The van der Waals surface area contributed by atoms with Crippen molar-refractivity contribution >= 4 is 0 Å². The fourth-order valence-corrected chi connectivity index (χ4v) is 0.734. The van der Waals surface area contributed by atoms with Gasteiger partial charge in [-0.15, -0.1) is 11.8 Å². The molecular weight excluding hydrogens is 184 g/mol. The Kier molecular flexibility index (Phi) is 38.9. The lowest BCUT2D eigenvalue weighted by Crippen LogP contribution is -1.80. The Morgan fingerprint density at radius 1 is 0.933 bits per heavy atom. The maximum Gasteiger partial charge on any atom is 0.0459 e. The van der Waals surface area contributed by atoms with Crippen LogP contribution >= 0.6 is 0 Å². The Bertz CT molecular complexity index is 109. The minimum atomic E-state index is 0.889. The molecular formula is C14H30O. The summed E-state index contributed by atoms with van der Waals surface area (Å²) in [5, 5.41) is 0. The molecule has 0 bridgehead atoms. The van der Waals surface area contributed by atoms with E-state index in [9.17, 15) is 0 Å². The van der Waals surface area contributed by atoms with Crippen molar-refractivity contribution < 1.29 is 4.74 Å². The smallest absolute Gasteiger partial charge is 0.0459 e. The molecule has 0 rings (SSSR count). The first-order chi connectivity index (χ1) is 7.24. The predicted octanol–water partition coefficient (Wildman–Crippen LogP) is 4.66. The van der Waals surface area contributed by atoms with E-state index < -0.39 is 0 Å². The zero-order valence-electron chi connectivity index (χ0n) is 11.7. The SMILES string of the molecule is CC#CCC.CCCCC.CCCOC. The molecule has 0 aliphatic carbocycles. The summed E-state index contributed by atoms with van der Waals surface area (Å²) in [7, 11) is 1.71. The molecule has 1 nitrogen and oxygen atoms in total. The lowest BCUT2D eigenvalue weighted by Gasteiger charge is -1.84. The highest BCUT2D eigenvalue weighted by Crippen LogP contribution is 1.88. The third-order valence-corrected chi connectivity index (χ3v) is 1.47. The molecule has 0 fully saturated rings. The van der Waals surface area contributed by atoms with Gasteiger partial charge < -0.3 is 4.74 Å². The molecule has 0 atom stereocenters. The standard InChI is InChI=1S/C5H12.C5H8.C4H10O/c2*1-3-5-4-2;1-3-4-5-2/h3-5H2,1-2H3;3H2,1-2H3;3-4H2,1-2H3. The minimum absolute atomic E-state index is 0.889. The van der Waals surface area contributed by atoms with Crippen molar-refractivity contribution in [2.24, 2.45) is 0 Å². The maximum absolute atomic E-state index is 4.69. The molecule has 15 heavy (non-hydrogen) atoms. The van der Waals surface area contributed by atoms with Crippen LogP contribution in [0.2, 0.25) is 0 Å². The highest BCUT2D eigenvalue weighted by Gasteiger charge is 1.68. The summed E-state index contributed by atoms with van der Waals surface area (Å²) < 4.78 is 4.69. The second kappa shape index (κ2) is 29.2. The van der Waals surface area contributed by atoms with Gasteiger partial charge in [-0.1, -0.05) is 47.0 Å². The topological polar surface area (TPSA) is 9.23 Å². The van der Waals surface area contributed by atoms with Gasteiger partial charge in [-0.25, -0.2) is 0 Å². The van der Waals surface area contributed by atoms with Crippen molar-refractivity contribution in [3.63, 3.8) is 0 Å². The Morgan fingerprint density at radius 3 is 1.47 bits per heavy atom. The summed E-state index contributed by atoms with van der Waals surface area (Å²) in [6.07, 6.45) is 6.18. The average Bonchev–Trinajstić information content (AvgIpc) is 2.23. The lowest BCUT2D eigenvalue weighted by molar-refractivity contribution is 0.199. The molecule has 0 unspecified atom stereocenters. The van der Waals surface area contributed by atoms with Crippen LogP contribution in [0, 0.1) is 11.8 Å². The molecule has 0 spiro atoms. The third-order valence-electron chi connectivity index (χ3n) is 1.47. The number of rotatable bonds is 4. The summed E-state index contributed by atoms with van der Waals surface area (Å²) in [6, 6.07) is 0. The van der Waals surface area contributed by atoms with Gasteiger partial charge in [-0.05, 0) is 13.3 Å². The van der Waals surface area contributed by atoms with Gasteiger partial charge in [0, 0.05) is 20.1 Å². The van der Waals surface area contributed by atoms with Crippen molar-refractivity contribution in [3.05, 3.63) is 0 Å². The average molecular weight is 214 g/mol. The predicted molar refractivity (Wildman–Crippen MR) is 71.1 cm³/mol. The van der Waals surface area contributed by atoms with Gasteiger partial charge in [0.2, 0.25) is 0 Å². The first-order valence-corrected chi connectivity index (χ1v) is 6.13. The first kappa shape index (κ1) is 20.0. The molecule has 0 amide bonds. The molecule has 1 heteroatoms. The molecule has 92 valence electrons. The van der Waals surface area contributed by atoms with Crippen LogP contribution in [0.4, 0.5) is 0 Å². The Labute approximate surface area is 97.6 Å². The molecule has 0 radical (unpaired) electrons. The van der Waals surface area contributed by atoms with E-state index in [2.05, 4.69) is 32.6 Å². The molecule has 0 aromatic heterocycles. The summed E-state index contributed by atoms with van der Waals surface area (Å²) >= 11 is 0. The van der Waals surface area contributed by atoms with E-state index in [1.165, 1.54) is 19.3 Å². The van der Waals surface area contributed by atoms with Gasteiger partial charge in [0.05, 0.1) is 0 Å². The molecule has 0 saturated carbocycles.